The number of sulfonamides is 1. The molecule has 0 aliphatic rings. The van der Waals surface area contributed by atoms with Gasteiger partial charge in [0.25, 0.3) is 0 Å². The molecule has 0 aliphatic carbocycles. The Bertz CT molecular complexity index is 587. The Morgan fingerprint density at radius 1 is 1.14 bits per heavy atom. The van der Waals surface area contributed by atoms with Crippen molar-refractivity contribution in [2.45, 2.75) is 58.8 Å². The van der Waals surface area contributed by atoms with E-state index in [1.165, 1.54) is 0 Å². The third kappa shape index (κ3) is 5.00. The van der Waals surface area contributed by atoms with Gasteiger partial charge in [0.05, 0.1) is 4.90 Å². The lowest BCUT2D eigenvalue weighted by atomic mass is 9.93. The van der Waals surface area contributed by atoms with Gasteiger partial charge in [-0.25, -0.2) is 13.1 Å². The second kappa shape index (κ2) is 6.79. The molecule has 0 saturated carbocycles. The van der Waals surface area contributed by atoms with Gasteiger partial charge in [-0.15, -0.1) is 0 Å². The highest BCUT2D eigenvalue weighted by molar-refractivity contribution is 7.89. The van der Waals surface area contributed by atoms with Crippen LogP contribution in [0.4, 0.5) is 5.69 Å². The van der Waals surface area contributed by atoms with Crippen molar-refractivity contribution in [3.05, 3.63) is 23.3 Å². The number of benzene rings is 1. The fourth-order valence-corrected chi connectivity index (χ4v) is 3.61. The van der Waals surface area contributed by atoms with Crippen LogP contribution in [-0.4, -0.2) is 15.0 Å². The molecule has 0 radical (unpaired) electrons. The van der Waals surface area contributed by atoms with E-state index in [1.807, 2.05) is 19.9 Å². The highest BCUT2D eigenvalue weighted by Crippen LogP contribution is 2.25. The van der Waals surface area contributed by atoms with E-state index in [2.05, 4.69) is 25.5 Å². The average Bonchev–Trinajstić information content (AvgIpc) is 2.35. The number of hydrogen-bond acceptors (Lipinski definition) is 3. The Morgan fingerprint density at radius 3 is 2.24 bits per heavy atom. The van der Waals surface area contributed by atoms with Crippen LogP contribution >= 0.6 is 0 Å². The van der Waals surface area contributed by atoms with Gasteiger partial charge in [0.2, 0.25) is 10.0 Å². The van der Waals surface area contributed by atoms with Crippen LogP contribution in [0.1, 0.15) is 52.2 Å². The molecular formula is C16H28N2O2S. The smallest absolute Gasteiger partial charge is 0.240 e. The van der Waals surface area contributed by atoms with E-state index in [4.69, 9.17) is 5.73 Å². The second-order valence-electron chi connectivity index (χ2n) is 6.58. The number of nitrogens with one attached hydrogen (secondary N) is 1. The van der Waals surface area contributed by atoms with Crippen LogP contribution in [0.3, 0.4) is 0 Å². The van der Waals surface area contributed by atoms with Crippen molar-refractivity contribution in [1.82, 2.24) is 4.72 Å². The van der Waals surface area contributed by atoms with Gasteiger partial charge in [-0.2, -0.15) is 0 Å². The summed E-state index contributed by atoms with van der Waals surface area (Å²) in [4.78, 5) is 0.329. The van der Waals surface area contributed by atoms with Gasteiger partial charge in [-0.05, 0) is 47.9 Å². The molecule has 5 heteroatoms. The number of hydrogen-bond donors (Lipinski definition) is 2. The summed E-state index contributed by atoms with van der Waals surface area (Å²) in [6.45, 7) is 10.6. The molecule has 0 spiro atoms. The molecule has 0 heterocycles. The van der Waals surface area contributed by atoms with Crippen molar-refractivity contribution in [1.29, 1.82) is 0 Å². The molecule has 1 aromatic carbocycles. The van der Waals surface area contributed by atoms with Gasteiger partial charge in [0.1, 0.15) is 0 Å². The predicted octanol–water partition coefficient (Wildman–Crippen LogP) is 3.11. The van der Waals surface area contributed by atoms with E-state index in [9.17, 15) is 8.42 Å². The van der Waals surface area contributed by atoms with Crippen molar-refractivity contribution in [2.75, 3.05) is 12.3 Å². The Kier molecular flexibility index (Phi) is 5.82. The van der Waals surface area contributed by atoms with Gasteiger partial charge < -0.3 is 5.73 Å². The zero-order valence-electron chi connectivity index (χ0n) is 13.8. The Hall–Kier alpha value is -1.07. The molecule has 0 saturated heterocycles. The van der Waals surface area contributed by atoms with Gasteiger partial charge in [0, 0.05) is 12.2 Å². The van der Waals surface area contributed by atoms with Crippen molar-refractivity contribution in [3.63, 3.8) is 0 Å². The molecule has 1 rings (SSSR count). The van der Waals surface area contributed by atoms with Gasteiger partial charge in [-0.1, -0.05) is 34.6 Å². The maximum atomic E-state index is 12.6. The van der Waals surface area contributed by atoms with Gasteiger partial charge in [-0.3, -0.25) is 0 Å². The number of nitrogen functional groups attached to an aromatic ring is 1. The molecule has 0 atom stereocenters. The molecule has 1 aromatic rings. The first-order valence-electron chi connectivity index (χ1n) is 7.51. The van der Waals surface area contributed by atoms with E-state index in [0.717, 1.165) is 18.4 Å². The zero-order chi connectivity index (χ0) is 16.3. The molecule has 0 fully saturated rings. The molecule has 0 amide bonds. The first-order chi connectivity index (χ1) is 9.60. The molecule has 21 heavy (non-hydrogen) atoms. The largest absolute Gasteiger partial charge is 0.398 e. The normalized spacial score (nSPS) is 12.6. The van der Waals surface area contributed by atoms with E-state index >= 15 is 0 Å². The Morgan fingerprint density at radius 2 is 1.76 bits per heavy atom. The fraction of sp³-hybridized carbons (Fsp3) is 0.625. The molecule has 0 aliphatic heterocycles. The molecule has 0 aromatic heterocycles. The summed E-state index contributed by atoms with van der Waals surface area (Å²) in [6.07, 6.45) is 2.15. The third-order valence-corrected chi connectivity index (χ3v) is 5.05. The van der Waals surface area contributed by atoms with Gasteiger partial charge >= 0.3 is 0 Å². The average molecular weight is 312 g/mol. The second-order valence-corrected chi connectivity index (χ2v) is 8.31. The van der Waals surface area contributed by atoms with Crippen LogP contribution in [0.5, 0.6) is 0 Å². The van der Waals surface area contributed by atoms with Crippen LogP contribution in [0.2, 0.25) is 0 Å². The van der Waals surface area contributed by atoms with Crippen molar-refractivity contribution >= 4 is 15.7 Å². The lowest BCUT2D eigenvalue weighted by molar-refractivity contribution is 0.378. The quantitative estimate of drug-likeness (QED) is 0.793. The number of anilines is 1. The topological polar surface area (TPSA) is 72.2 Å². The van der Waals surface area contributed by atoms with Crippen LogP contribution < -0.4 is 10.5 Å². The monoisotopic (exact) mass is 312 g/mol. The lowest BCUT2D eigenvalue weighted by Crippen LogP contribution is -2.28. The SMILES string of the molecule is CCc1cc(N)c(CC)c(S(=O)(=O)NCCC(C)(C)C)c1. The fourth-order valence-electron chi connectivity index (χ4n) is 2.19. The van der Waals surface area contributed by atoms with Crippen LogP contribution in [0, 0.1) is 5.41 Å². The summed E-state index contributed by atoms with van der Waals surface area (Å²) in [6, 6.07) is 3.61. The Balaban J connectivity index is 3.09. The summed E-state index contributed by atoms with van der Waals surface area (Å²) < 4.78 is 27.8. The van der Waals surface area contributed by atoms with Crippen LogP contribution in [0.25, 0.3) is 0 Å². The van der Waals surface area contributed by atoms with E-state index in [1.54, 1.807) is 6.07 Å². The van der Waals surface area contributed by atoms with Crippen molar-refractivity contribution in [2.24, 2.45) is 5.41 Å². The molecule has 0 unspecified atom stereocenters. The summed E-state index contributed by atoms with van der Waals surface area (Å²) in [5.74, 6) is 0. The first-order valence-corrected chi connectivity index (χ1v) is 9.00. The number of nitrogens with two attached hydrogens (primary N) is 1. The number of aryl methyl sites for hydroxylation is 1. The predicted molar refractivity (Wildman–Crippen MR) is 88.9 cm³/mol. The molecule has 3 N–H and O–H groups in total. The third-order valence-electron chi connectivity index (χ3n) is 3.52. The minimum atomic E-state index is -3.51. The number of rotatable bonds is 6. The van der Waals surface area contributed by atoms with Crippen molar-refractivity contribution in [3.8, 4) is 0 Å². The summed E-state index contributed by atoms with van der Waals surface area (Å²) in [7, 11) is -3.51. The molecule has 4 nitrogen and oxygen atoms in total. The minimum Gasteiger partial charge on any atom is -0.398 e. The first kappa shape index (κ1) is 18.0. The lowest BCUT2D eigenvalue weighted by Gasteiger charge is -2.19. The Labute approximate surface area is 129 Å². The van der Waals surface area contributed by atoms with E-state index in [-0.39, 0.29) is 5.41 Å². The minimum absolute atomic E-state index is 0.0976. The van der Waals surface area contributed by atoms with E-state index < -0.39 is 10.0 Å². The standard InChI is InChI=1S/C16H28N2O2S/c1-6-12-10-14(17)13(7-2)15(11-12)21(19,20)18-9-8-16(3,4)5/h10-11,18H,6-9,17H2,1-5H3. The van der Waals surface area contributed by atoms with Crippen LogP contribution in [0.15, 0.2) is 17.0 Å². The van der Waals surface area contributed by atoms with E-state index in [0.29, 0.717) is 29.1 Å². The van der Waals surface area contributed by atoms with Gasteiger partial charge in [0.15, 0.2) is 0 Å². The van der Waals surface area contributed by atoms with Crippen molar-refractivity contribution < 1.29 is 8.42 Å². The summed E-state index contributed by atoms with van der Waals surface area (Å²) >= 11 is 0. The molecule has 0 bridgehead atoms. The maximum Gasteiger partial charge on any atom is 0.240 e. The summed E-state index contributed by atoms with van der Waals surface area (Å²) in [5.41, 5.74) is 8.32. The summed E-state index contributed by atoms with van der Waals surface area (Å²) in [5, 5.41) is 0. The highest BCUT2D eigenvalue weighted by atomic mass is 32.2. The maximum absolute atomic E-state index is 12.6. The zero-order valence-corrected chi connectivity index (χ0v) is 14.6. The molecule has 120 valence electrons. The highest BCUT2D eigenvalue weighted by Gasteiger charge is 2.21. The molecular weight excluding hydrogens is 284 g/mol. The van der Waals surface area contributed by atoms with Crippen LogP contribution in [-0.2, 0) is 22.9 Å².